The van der Waals surface area contributed by atoms with E-state index in [1.165, 1.54) is 12.1 Å². The van der Waals surface area contributed by atoms with Gasteiger partial charge in [0, 0.05) is 11.1 Å². The average Bonchev–Trinajstić information content (AvgIpc) is 2.97. The van der Waals surface area contributed by atoms with Gasteiger partial charge in [-0.25, -0.2) is 9.18 Å². The molecule has 3 aromatic rings. The van der Waals surface area contributed by atoms with Crippen LogP contribution in [0.1, 0.15) is 11.1 Å². The lowest BCUT2D eigenvalue weighted by atomic mass is 10.1. The Labute approximate surface area is 138 Å². The Balaban J connectivity index is 1.74. The molecule has 116 valence electrons. The molecule has 0 radical (unpaired) electrons. The van der Waals surface area contributed by atoms with Crippen molar-refractivity contribution in [3.63, 3.8) is 0 Å². The summed E-state index contributed by atoms with van der Waals surface area (Å²) in [5, 5.41) is 2.19. The summed E-state index contributed by atoms with van der Waals surface area (Å²) in [6.07, 6.45) is 3.16. The molecule has 0 spiro atoms. The zero-order chi connectivity index (χ0) is 16.5. The molecular formula is C21H13FO2. The second-order valence-corrected chi connectivity index (χ2v) is 5.58. The minimum atomic E-state index is -0.471. The lowest BCUT2D eigenvalue weighted by molar-refractivity contribution is -0.130. The van der Waals surface area contributed by atoms with Gasteiger partial charge >= 0.3 is 5.97 Å². The highest BCUT2D eigenvalue weighted by Crippen LogP contribution is 2.29. The third-order valence-electron chi connectivity index (χ3n) is 3.98. The van der Waals surface area contributed by atoms with Crippen LogP contribution in [-0.4, -0.2) is 5.97 Å². The molecule has 0 N–H and O–H groups in total. The number of halogens is 1. The second kappa shape index (κ2) is 5.78. The molecule has 0 fully saturated rings. The number of carbonyl (C=O) groups is 1. The van der Waals surface area contributed by atoms with Crippen LogP contribution >= 0.6 is 0 Å². The molecule has 0 aromatic heterocycles. The Bertz CT molecular complexity index is 1020. The number of hydrogen-bond donors (Lipinski definition) is 0. The molecule has 0 saturated carbocycles. The molecule has 1 heterocycles. The fourth-order valence-electron chi connectivity index (χ4n) is 2.73. The molecule has 0 amide bonds. The van der Waals surface area contributed by atoms with Crippen LogP contribution in [0.4, 0.5) is 4.39 Å². The molecule has 1 aliphatic heterocycles. The van der Waals surface area contributed by atoms with Crippen molar-refractivity contribution < 1.29 is 13.9 Å². The number of benzene rings is 3. The molecule has 1 aliphatic rings. The first-order chi connectivity index (χ1) is 11.7. The Kier molecular flexibility index (Phi) is 3.47. The van der Waals surface area contributed by atoms with Gasteiger partial charge in [-0.2, -0.15) is 0 Å². The zero-order valence-corrected chi connectivity index (χ0v) is 12.7. The Morgan fingerprint density at radius 2 is 1.62 bits per heavy atom. The first-order valence-electron chi connectivity index (χ1n) is 7.60. The van der Waals surface area contributed by atoms with Gasteiger partial charge < -0.3 is 4.74 Å². The summed E-state index contributed by atoms with van der Waals surface area (Å²) in [4.78, 5) is 12.1. The van der Waals surface area contributed by atoms with E-state index >= 15 is 0 Å². The molecule has 3 aromatic carbocycles. The predicted octanol–water partition coefficient (Wildman–Crippen LogP) is 4.96. The van der Waals surface area contributed by atoms with Crippen LogP contribution in [0.5, 0.6) is 0 Å². The van der Waals surface area contributed by atoms with Gasteiger partial charge in [0.05, 0.1) is 5.57 Å². The van der Waals surface area contributed by atoms with Crippen LogP contribution < -0.4 is 0 Å². The van der Waals surface area contributed by atoms with E-state index in [2.05, 4.69) is 0 Å². The monoisotopic (exact) mass is 316 g/mol. The summed E-state index contributed by atoms with van der Waals surface area (Å²) in [5.74, 6) is -0.361. The topological polar surface area (TPSA) is 26.3 Å². The quantitative estimate of drug-likeness (QED) is 0.493. The van der Waals surface area contributed by atoms with Crippen molar-refractivity contribution in [2.24, 2.45) is 0 Å². The van der Waals surface area contributed by atoms with E-state index in [0.717, 1.165) is 16.3 Å². The normalized spacial score (nSPS) is 15.6. The number of cyclic esters (lactones) is 1. The van der Waals surface area contributed by atoms with E-state index < -0.39 is 5.97 Å². The third kappa shape index (κ3) is 2.61. The van der Waals surface area contributed by atoms with Crippen LogP contribution in [0, 0.1) is 5.82 Å². The van der Waals surface area contributed by atoms with Gasteiger partial charge in [0.15, 0.2) is 0 Å². The van der Waals surface area contributed by atoms with E-state index in [-0.39, 0.29) is 5.82 Å². The molecular weight excluding hydrogens is 303 g/mol. The standard InChI is InChI=1S/C21H13FO2/c22-19-8-4-3-7-16(19)12-18-13-20(24-21(18)23)17-10-9-14-5-1-2-6-15(14)11-17/h1-13H/b18-12-. The van der Waals surface area contributed by atoms with Crippen LogP contribution in [0.25, 0.3) is 22.6 Å². The summed E-state index contributed by atoms with van der Waals surface area (Å²) in [6.45, 7) is 0. The maximum atomic E-state index is 13.7. The number of fused-ring (bicyclic) bond motifs is 1. The maximum Gasteiger partial charge on any atom is 0.343 e. The first-order valence-corrected chi connectivity index (χ1v) is 7.60. The summed E-state index contributed by atoms with van der Waals surface area (Å²) in [5.41, 5.74) is 1.52. The molecule has 0 unspecified atom stereocenters. The van der Waals surface area contributed by atoms with Crippen molar-refractivity contribution >= 4 is 28.6 Å². The molecule has 0 atom stereocenters. The average molecular weight is 316 g/mol. The minimum absolute atomic E-state index is 0.336. The van der Waals surface area contributed by atoms with Crippen molar-refractivity contribution in [3.8, 4) is 0 Å². The fourth-order valence-corrected chi connectivity index (χ4v) is 2.73. The second-order valence-electron chi connectivity index (χ2n) is 5.58. The number of ether oxygens (including phenoxy) is 1. The van der Waals surface area contributed by atoms with Gasteiger partial charge in [-0.1, -0.05) is 54.6 Å². The van der Waals surface area contributed by atoms with E-state index in [9.17, 15) is 9.18 Å². The zero-order valence-electron chi connectivity index (χ0n) is 12.7. The molecule has 0 saturated heterocycles. The van der Waals surface area contributed by atoms with Crippen molar-refractivity contribution in [3.05, 3.63) is 95.3 Å². The van der Waals surface area contributed by atoms with E-state index in [1.54, 1.807) is 24.3 Å². The van der Waals surface area contributed by atoms with Crippen LogP contribution in [0.2, 0.25) is 0 Å². The number of esters is 1. The first kappa shape index (κ1) is 14.4. The minimum Gasteiger partial charge on any atom is -0.422 e. The number of rotatable bonds is 2. The van der Waals surface area contributed by atoms with Crippen molar-refractivity contribution in [2.75, 3.05) is 0 Å². The van der Waals surface area contributed by atoms with Crippen molar-refractivity contribution in [1.29, 1.82) is 0 Å². The van der Waals surface area contributed by atoms with Gasteiger partial charge in [0.25, 0.3) is 0 Å². The molecule has 0 bridgehead atoms. The molecule has 3 heteroatoms. The highest BCUT2D eigenvalue weighted by Gasteiger charge is 2.22. The van der Waals surface area contributed by atoms with Gasteiger partial charge in [-0.3, -0.25) is 0 Å². The van der Waals surface area contributed by atoms with Crippen molar-refractivity contribution in [1.82, 2.24) is 0 Å². The maximum absolute atomic E-state index is 13.7. The lowest BCUT2D eigenvalue weighted by Crippen LogP contribution is -1.97. The van der Waals surface area contributed by atoms with E-state index in [4.69, 9.17) is 4.74 Å². The Morgan fingerprint density at radius 1 is 0.875 bits per heavy atom. The van der Waals surface area contributed by atoms with Crippen LogP contribution in [0.15, 0.2) is 78.4 Å². The fraction of sp³-hybridized carbons (Fsp3) is 0. The van der Waals surface area contributed by atoms with Gasteiger partial charge in [-0.15, -0.1) is 0 Å². The number of carbonyl (C=O) groups excluding carboxylic acids is 1. The Morgan fingerprint density at radius 3 is 2.46 bits per heavy atom. The van der Waals surface area contributed by atoms with Crippen molar-refractivity contribution in [2.45, 2.75) is 0 Å². The van der Waals surface area contributed by atoms with E-state index in [1.807, 2.05) is 42.5 Å². The van der Waals surface area contributed by atoms with Crippen LogP contribution in [0.3, 0.4) is 0 Å². The number of hydrogen-bond acceptors (Lipinski definition) is 2. The smallest absolute Gasteiger partial charge is 0.343 e. The van der Waals surface area contributed by atoms with Crippen LogP contribution in [-0.2, 0) is 9.53 Å². The highest BCUT2D eigenvalue weighted by molar-refractivity contribution is 6.05. The molecule has 24 heavy (non-hydrogen) atoms. The lowest BCUT2D eigenvalue weighted by Gasteiger charge is -2.04. The predicted molar refractivity (Wildman–Crippen MR) is 92.4 cm³/mol. The third-order valence-corrected chi connectivity index (χ3v) is 3.98. The Hall–Kier alpha value is -3.20. The molecule has 2 nitrogen and oxygen atoms in total. The summed E-state index contributed by atoms with van der Waals surface area (Å²) in [7, 11) is 0. The molecule has 0 aliphatic carbocycles. The summed E-state index contributed by atoms with van der Waals surface area (Å²) >= 11 is 0. The largest absolute Gasteiger partial charge is 0.422 e. The SMILES string of the molecule is O=C1OC(c2ccc3ccccc3c2)=C/C1=C/c1ccccc1F. The highest BCUT2D eigenvalue weighted by atomic mass is 19.1. The van der Waals surface area contributed by atoms with Gasteiger partial charge in [0.2, 0.25) is 0 Å². The van der Waals surface area contributed by atoms with Gasteiger partial charge in [-0.05, 0) is 35.1 Å². The molecule has 4 rings (SSSR count). The summed E-state index contributed by atoms with van der Waals surface area (Å²) < 4.78 is 19.1. The van der Waals surface area contributed by atoms with Gasteiger partial charge in [0.1, 0.15) is 11.6 Å². The van der Waals surface area contributed by atoms with E-state index in [0.29, 0.717) is 16.9 Å². The summed E-state index contributed by atoms with van der Waals surface area (Å²) in [6, 6.07) is 20.2.